The molecule has 2 aromatic heterocycles. The zero-order valence-electron chi connectivity index (χ0n) is 20.2. The van der Waals surface area contributed by atoms with Crippen molar-refractivity contribution in [2.24, 2.45) is 0 Å². The third-order valence-corrected chi connectivity index (χ3v) is 4.94. The highest BCUT2D eigenvalue weighted by Gasteiger charge is 2.22. The van der Waals surface area contributed by atoms with Gasteiger partial charge in [0.2, 0.25) is 0 Å². The molecule has 0 saturated carbocycles. The molecular weight excluding hydrogens is 461 g/mol. The molecule has 2 heterocycles. The first kappa shape index (κ1) is 24.7. The van der Waals surface area contributed by atoms with E-state index in [-0.39, 0.29) is 11.4 Å². The Morgan fingerprint density at radius 1 is 1.14 bits per heavy atom. The molecule has 0 aliphatic rings. The number of aromatic hydroxyl groups is 1. The van der Waals surface area contributed by atoms with Gasteiger partial charge in [-0.05, 0) is 50.6 Å². The van der Waals surface area contributed by atoms with E-state index in [2.05, 4.69) is 10.3 Å². The molecule has 0 aliphatic heterocycles. The fraction of sp³-hybridized carbons (Fsp3) is 0.179. The second-order valence-corrected chi connectivity index (χ2v) is 9.11. The average molecular weight is 488 g/mol. The van der Waals surface area contributed by atoms with Crippen molar-refractivity contribution in [2.45, 2.75) is 32.8 Å². The van der Waals surface area contributed by atoms with E-state index in [1.807, 2.05) is 30.3 Å². The fourth-order valence-corrected chi connectivity index (χ4v) is 3.43. The molecule has 36 heavy (non-hydrogen) atoms. The van der Waals surface area contributed by atoms with Gasteiger partial charge >= 0.3 is 5.97 Å². The van der Waals surface area contributed by atoms with Crippen LogP contribution < -0.4 is 5.32 Å². The minimum absolute atomic E-state index is 0.111. The molecule has 7 nitrogen and oxygen atoms in total. The first-order valence-electron chi connectivity index (χ1n) is 11.3. The smallest absolute Gasteiger partial charge is 0.355 e. The molecule has 0 radical (unpaired) electrons. The van der Waals surface area contributed by atoms with Gasteiger partial charge in [-0.15, -0.1) is 0 Å². The standard InChI is InChI=1S/C28H26FN3O4/c1-28(2,3)36-27(34)24(16-22-10-7-11-35-22)32-26-23(12-18-8-5-4-6-9-18)31-25(17-30-26)19-13-20(29)15-21(33)14-19/h4-11,13-17,33H,12H2,1-3H3,(H,30,32)/b24-16-. The van der Waals surface area contributed by atoms with Crippen molar-refractivity contribution in [1.29, 1.82) is 0 Å². The SMILES string of the molecule is CC(C)(C)OC(=O)/C(=C/c1ccco1)Nc1ncc(-c2cc(O)cc(F)c2)nc1Cc1ccccc1. The Hall–Kier alpha value is -4.46. The fourth-order valence-electron chi connectivity index (χ4n) is 3.43. The van der Waals surface area contributed by atoms with Gasteiger partial charge in [0, 0.05) is 24.1 Å². The number of benzene rings is 2. The van der Waals surface area contributed by atoms with Crippen LogP contribution in [0.4, 0.5) is 10.2 Å². The van der Waals surface area contributed by atoms with Crippen molar-refractivity contribution in [3.05, 3.63) is 102 Å². The largest absolute Gasteiger partial charge is 0.508 e. The van der Waals surface area contributed by atoms with Crippen molar-refractivity contribution in [2.75, 3.05) is 5.32 Å². The first-order valence-corrected chi connectivity index (χ1v) is 11.3. The van der Waals surface area contributed by atoms with Crippen LogP contribution in [0.5, 0.6) is 5.75 Å². The van der Waals surface area contributed by atoms with Crippen LogP contribution in [-0.2, 0) is 16.0 Å². The average Bonchev–Trinajstić information content (AvgIpc) is 3.32. The number of nitrogens with zero attached hydrogens (tertiary/aromatic N) is 2. The highest BCUT2D eigenvalue weighted by molar-refractivity contribution is 5.96. The topological polar surface area (TPSA) is 97.5 Å². The molecule has 0 unspecified atom stereocenters. The predicted molar refractivity (Wildman–Crippen MR) is 134 cm³/mol. The number of hydrogen-bond acceptors (Lipinski definition) is 7. The zero-order valence-corrected chi connectivity index (χ0v) is 20.2. The number of ether oxygens (including phenoxy) is 1. The molecule has 4 aromatic rings. The third kappa shape index (κ3) is 6.56. The quantitative estimate of drug-likeness (QED) is 0.245. The minimum Gasteiger partial charge on any atom is -0.508 e. The van der Waals surface area contributed by atoms with Gasteiger partial charge in [-0.2, -0.15) is 0 Å². The molecule has 0 fully saturated rings. The summed E-state index contributed by atoms with van der Waals surface area (Å²) in [6, 6.07) is 16.7. The van der Waals surface area contributed by atoms with Gasteiger partial charge in [0.05, 0.1) is 23.8 Å². The number of carbonyl (C=O) groups excluding carboxylic acids is 1. The number of phenolic OH excluding ortho intramolecular Hbond substituents is 1. The maximum absolute atomic E-state index is 13.9. The molecule has 8 heteroatoms. The second kappa shape index (κ2) is 10.4. The van der Waals surface area contributed by atoms with Crippen LogP contribution in [0.25, 0.3) is 17.3 Å². The van der Waals surface area contributed by atoms with Gasteiger partial charge in [-0.25, -0.2) is 19.2 Å². The summed E-state index contributed by atoms with van der Waals surface area (Å²) in [6.45, 7) is 5.33. The van der Waals surface area contributed by atoms with Crippen LogP contribution in [0, 0.1) is 5.82 Å². The normalized spacial score (nSPS) is 11.8. The Morgan fingerprint density at radius 3 is 2.58 bits per heavy atom. The van der Waals surface area contributed by atoms with E-state index < -0.39 is 17.4 Å². The Morgan fingerprint density at radius 2 is 1.92 bits per heavy atom. The lowest BCUT2D eigenvalue weighted by Crippen LogP contribution is -2.27. The van der Waals surface area contributed by atoms with E-state index in [0.717, 1.165) is 11.6 Å². The Kier molecular flexibility index (Phi) is 7.15. The van der Waals surface area contributed by atoms with Crippen LogP contribution in [0.3, 0.4) is 0 Å². The molecule has 4 rings (SSSR count). The van der Waals surface area contributed by atoms with Crippen LogP contribution in [0.2, 0.25) is 0 Å². The molecule has 2 N–H and O–H groups in total. The molecule has 0 amide bonds. The molecule has 184 valence electrons. The summed E-state index contributed by atoms with van der Waals surface area (Å²) in [5.41, 5.74) is 1.61. The number of halogens is 1. The lowest BCUT2D eigenvalue weighted by atomic mass is 10.1. The summed E-state index contributed by atoms with van der Waals surface area (Å²) in [5.74, 6) is -0.621. The third-order valence-electron chi connectivity index (χ3n) is 4.94. The minimum atomic E-state index is -0.719. The van der Waals surface area contributed by atoms with Crippen LogP contribution in [-0.4, -0.2) is 26.6 Å². The predicted octanol–water partition coefficient (Wildman–Crippen LogP) is 5.97. The van der Waals surface area contributed by atoms with Crippen LogP contribution in [0.1, 0.15) is 37.8 Å². The number of carbonyl (C=O) groups is 1. The molecule has 0 bridgehead atoms. The molecule has 0 atom stereocenters. The summed E-state index contributed by atoms with van der Waals surface area (Å²) >= 11 is 0. The van der Waals surface area contributed by atoms with E-state index in [9.17, 15) is 14.3 Å². The first-order chi connectivity index (χ1) is 17.2. The summed E-state index contributed by atoms with van der Waals surface area (Å²) in [5, 5.41) is 12.9. The molecule has 0 aliphatic carbocycles. The number of phenols is 1. The molecule has 0 spiro atoms. The summed E-state index contributed by atoms with van der Waals surface area (Å²) in [7, 11) is 0. The van der Waals surface area contributed by atoms with Gasteiger partial charge < -0.3 is 19.6 Å². The van der Waals surface area contributed by atoms with E-state index >= 15 is 0 Å². The number of aromatic nitrogens is 2. The maximum Gasteiger partial charge on any atom is 0.355 e. The van der Waals surface area contributed by atoms with E-state index in [1.165, 1.54) is 30.7 Å². The lowest BCUT2D eigenvalue weighted by molar-refractivity contribution is -0.149. The maximum atomic E-state index is 13.9. The summed E-state index contributed by atoms with van der Waals surface area (Å²) in [6.07, 6.45) is 4.86. The monoisotopic (exact) mass is 487 g/mol. The Bertz CT molecular complexity index is 1360. The Balaban J connectivity index is 1.76. The summed E-state index contributed by atoms with van der Waals surface area (Å²) < 4.78 is 24.9. The van der Waals surface area contributed by atoms with Gasteiger partial charge in [0.1, 0.15) is 28.6 Å². The Labute approximate surface area is 208 Å². The number of furan rings is 1. The molecular formula is C28H26FN3O4. The van der Waals surface area contributed by atoms with Gasteiger partial charge in [0.25, 0.3) is 0 Å². The number of hydrogen-bond donors (Lipinski definition) is 2. The van der Waals surface area contributed by atoms with E-state index in [1.54, 1.807) is 32.9 Å². The zero-order chi connectivity index (χ0) is 25.7. The van der Waals surface area contributed by atoms with Gasteiger partial charge in [0.15, 0.2) is 5.82 Å². The highest BCUT2D eigenvalue weighted by atomic mass is 19.1. The highest BCUT2D eigenvalue weighted by Crippen LogP contribution is 2.27. The van der Waals surface area contributed by atoms with Crippen LogP contribution in [0.15, 0.2) is 83.2 Å². The van der Waals surface area contributed by atoms with Crippen molar-refractivity contribution < 1.29 is 23.4 Å². The van der Waals surface area contributed by atoms with Gasteiger partial charge in [-0.3, -0.25) is 0 Å². The molecule has 0 saturated heterocycles. The number of anilines is 1. The number of esters is 1. The number of nitrogens with one attached hydrogen (secondary N) is 1. The number of rotatable bonds is 7. The summed E-state index contributed by atoms with van der Waals surface area (Å²) in [4.78, 5) is 22.2. The van der Waals surface area contributed by atoms with E-state index in [0.29, 0.717) is 35.0 Å². The van der Waals surface area contributed by atoms with Crippen molar-refractivity contribution in [1.82, 2.24) is 9.97 Å². The second-order valence-electron chi connectivity index (χ2n) is 9.11. The van der Waals surface area contributed by atoms with Crippen LogP contribution >= 0.6 is 0 Å². The lowest BCUT2D eigenvalue weighted by Gasteiger charge is -2.21. The van der Waals surface area contributed by atoms with Crippen molar-refractivity contribution in [3.63, 3.8) is 0 Å². The van der Waals surface area contributed by atoms with E-state index in [4.69, 9.17) is 14.1 Å². The van der Waals surface area contributed by atoms with Crippen molar-refractivity contribution in [3.8, 4) is 17.0 Å². The van der Waals surface area contributed by atoms with Crippen molar-refractivity contribution >= 4 is 17.9 Å². The molecule has 2 aromatic carbocycles. The van der Waals surface area contributed by atoms with Gasteiger partial charge in [-0.1, -0.05) is 30.3 Å².